The quantitative estimate of drug-likeness (QED) is 0.509. The lowest BCUT2D eigenvalue weighted by Crippen LogP contribution is -2.41. The number of nitrogens with one attached hydrogen (secondary N) is 3. The third-order valence-corrected chi connectivity index (χ3v) is 3.86. The van der Waals surface area contributed by atoms with Crippen molar-refractivity contribution in [2.45, 2.75) is 13.3 Å². The molecule has 1 heterocycles. The fourth-order valence-corrected chi connectivity index (χ4v) is 2.40. The lowest BCUT2D eigenvalue weighted by Gasteiger charge is -2.15. The summed E-state index contributed by atoms with van der Waals surface area (Å²) < 4.78 is 20.4. The standard InChI is InChI=1S/C20H23N3O8/c1-4-7-21-20(27)23-17(24)11-31-19(26)12-9-15(28-2)16(29-3)10-13(12)22-18(25)14-6-5-8-30-14/h5-6,8-10H,4,7,11H2,1-3H3,(H,22,25)(H2,21,23,24,27). The van der Waals surface area contributed by atoms with Gasteiger partial charge in [0.1, 0.15) is 0 Å². The average Bonchev–Trinajstić information content (AvgIpc) is 3.30. The van der Waals surface area contributed by atoms with Crippen molar-refractivity contribution in [2.75, 3.05) is 32.7 Å². The Bertz CT molecular complexity index is 940. The molecular formula is C20H23N3O8. The number of ether oxygens (including phenoxy) is 3. The van der Waals surface area contributed by atoms with Crippen LogP contribution >= 0.6 is 0 Å². The summed E-state index contributed by atoms with van der Waals surface area (Å²) >= 11 is 0. The number of anilines is 1. The van der Waals surface area contributed by atoms with Gasteiger partial charge in [-0.15, -0.1) is 0 Å². The highest BCUT2D eigenvalue weighted by Gasteiger charge is 2.22. The van der Waals surface area contributed by atoms with Crippen LogP contribution in [-0.4, -0.2) is 51.2 Å². The van der Waals surface area contributed by atoms with E-state index in [9.17, 15) is 19.2 Å². The molecule has 0 aliphatic heterocycles. The maximum absolute atomic E-state index is 12.6. The number of benzene rings is 1. The number of esters is 1. The minimum atomic E-state index is -0.931. The molecule has 0 unspecified atom stereocenters. The Labute approximate surface area is 178 Å². The Kier molecular flexibility index (Phi) is 8.43. The van der Waals surface area contributed by atoms with Crippen molar-refractivity contribution in [3.05, 3.63) is 41.9 Å². The lowest BCUT2D eigenvalue weighted by molar-refractivity contribution is -0.123. The van der Waals surface area contributed by atoms with E-state index in [1.54, 1.807) is 0 Å². The van der Waals surface area contributed by atoms with E-state index in [0.29, 0.717) is 13.0 Å². The minimum Gasteiger partial charge on any atom is -0.493 e. The Morgan fingerprint density at radius 3 is 2.39 bits per heavy atom. The smallest absolute Gasteiger partial charge is 0.340 e. The molecular weight excluding hydrogens is 410 g/mol. The predicted octanol–water partition coefficient (Wildman–Crippen LogP) is 1.94. The largest absolute Gasteiger partial charge is 0.493 e. The molecule has 2 aromatic rings. The van der Waals surface area contributed by atoms with Crippen molar-refractivity contribution >= 4 is 29.5 Å². The van der Waals surface area contributed by atoms with Crippen LogP contribution < -0.4 is 25.4 Å². The monoisotopic (exact) mass is 433 g/mol. The Hall–Kier alpha value is -4.02. The second-order valence-electron chi connectivity index (χ2n) is 6.06. The van der Waals surface area contributed by atoms with E-state index < -0.39 is 30.4 Å². The molecule has 1 aromatic carbocycles. The zero-order chi connectivity index (χ0) is 22.8. The van der Waals surface area contributed by atoms with E-state index in [2.05, 4.69) is 10.6 Å². The fourth-order valence-electron chi connectivity index (χ4n) is 2.40. The molecule has 31 heavy (non-hydrogen) atoms. The maximum Gasteiger partial charge on any atom is 0.340 e. The summed E-state index contributed by atoms with van der Waals surface area (Å²) in [5, 5.41) is 7.02. The number of amides is 4. The summed E-state index contributed by atoms with van der Waals surface area (Å²) in [6.45, 7) is 1.54. The van der Waals surface area contributed by atoms with E-state index in [0.717, 1.165) is 0 Å². The number of hydrogen-bond acceptors (Lipinski definition) is 8. The van der Waals surface area contributed by atoms with Gasteiger partial charge in [0.2, 0.25) is 0 Å². The second-order valence-corrected chi connectivity index (χ2v) is 6.06. The van der Waals surface area contributed by atoms with Crippen molar-refractivity contribution < 1.29 is 37.8 Å². The van der Waals surface area contributed by atoms with Crippen molar-refractivity contribution in [3.63, 3.8) is 0 Å². The Morgan fingerprint density at radius 2 is 1.77 bits per heavy atom. The van der Waals surface area contributed by atoms with Crippen LogP contribution in [0.15, 0.2) is 34.9 Å². The topological polar surface area (TPSA) is 145 Å². The van der Waals surface area contributed by atoms with E-state index >= 15 is 0 Å². The third-order valence-electron chi connectivity index (χ3n) is 3.86. The van der Waals surface area contributed by atoms with Crippen LogP contribution in [0.4, 0.5) is 10.5 Å². The van der Waals surface area contributed by atoms with E-state index in [1.807, 2.05) is 12.2 Å². The number of hydrogen-bond donors (Lipinski definition) is 3. The SMILES string of the molecule is CCCNC(=O)NC(=O)COC(=O)c1cc(OC)c(OC)cc1NC(=O)c1ccco1. The lowest BCUT2D eigenvalue weighted by atomic mass is 10.1. The number of imide groups is 1. The maximum atomic E-state index is 12.6. The van der Waals surface area contributed by atoms with Crippen LogP contribution in [0.3, 0.4) is 0 Å². The highest BCUT2D eigenvalue weighted by Crippen LogP contribution is 2.34. The van der Waals surface area contributed by atoms with Crippen molar-refractivity contribution in [2.24, 2.45) is 0 Å². The molecule has 4 amide bonds. The summed E-state index contributed by atoms with van der Waals surface area (Å²) in [4.78, 5) is 48.2. The van der Waals surface area contributed by atoms with Crippen LogP contribution in [0.2, 0.25) is 0 Å². The second kappa shape index (κ2) is 11.2. The zero-order valence-corrected chi connectivity index (χ0v) is 17.3. The van der Waals surface area contributed by atoms with Gasteiger partial charge in [-0.05, 0) is 18.6 Å². The first-order valence-electron chi connectivity index (χ1n) is 9.25. The van der Waals surface area contributed by atoms with Crippen LogP contribution in [0.1, 0.15) is 34.3 Å². The van der Waals surface area contributed by atoms with Crippen LogP contribution in [0, 0.1) is 0 Å². The van der Waals surface area contributed by atoms with Gasteiger partial charge in [-0.1, -0.05) is 6.92 Å². The summed E-state index contributed by atoms with van der Waals surface area (Å²) in [6, 6.07) is 4.95. The Balaban J connectivity index is 2.16. The molecule has 11 heteroatoms. The molecule has 2 rings (SSSR count). The molecule has 11 nitrogen and oxygen atoms in total. The van der Waals surface area contributed by atoms with E-state index in [-0.39, 0.29) is 28.5 Å². The van der Waals surface area contributed by atoms with Gasteiger partial charge in [0, 0.05) is 18.7 Å². The number of furan rings is 1. The number of urea groups is 1. The van der Waals surface area contributed by atoms with Gasteiger partial charge >= 0.3 is 12.0 Å². The van der Waals surface area contributed by atoms with Gasteiger partial charge < -0.3 is 29.3 Å². The van der Waals surface area contributed by atoms with Gasteiger partial charge in [0.05, 0.1) is 31.7 Å². The zero-order valence-electron chi connectivity index (χ0n) is 17.3. The van der Waals surface area contributed by atoms with Gasteiger partial charge in [-0.25, -0.2) is 9.59 Å². The van der Waals surface area contributed by atoms with Gasteiger partial charge in [-0.2, -0.15) is 0 Å². The molecule has 0 aliphatic rings. The van der Waals surface area contributed by atoms with Crippen LogP contribution in [0.5, 0.6) is 11.5 Å². The summed E-state index contributed by atoms with van der Waals surface area (Å²) in [6.07, 6.45) is 2.02. The van der Waals surface area contributed by atoms with Crippen molar-refractivity contribution in [1.29, 1.82) is 0 Å². The summed E-state index contributed by atoms with van der Waals surface area (Å²) in [5.41, 5.74) is -0.0501. The number of carbonyl (C=O) groups is 4. The molecule has 0 aliphatic carbocycles. The first kappa shape index (κ1) is 23.3. The predicted molar refractivity (Wildman–Crippen MR) is 108 cm³/mol. The van der Waals surface area contributed by atoms with E-state index in [4.69, 9.17) is 18.6 Å². The highest BCUT2D eigenvalue weighted by atomic mass is 16.5. The van der Waals surface area contributed by atoms with Gasteiger partial charge in [0.25, 0.3) is 11.8 Å². The number of rotatable bonds is 9. The molecule has 1 aromatic heterocycles. The molecule has 0 spiro atoms. The Morgan fingerprint density at radius 1 is 1.06 bits per heavy atom. The molecule has 0 saturated carbocycles. The highest BCUT2D eigenvalue weighted by molar-refractivity contribution is 6.07. The summed E-state index contributed by atoms with van der Waals surface area (Å²) in [5.74, 6) is -1.89. The molecule has 0 saturated heterocycles. The first-order chi connectivity index (χ1) is 14.9. The van der Waals surface area contributed by atoms with Crippen molar-refractivity contribution in [1.82, 2.24) is 10.6 Å². The van der Waals surface area contributed by atoms with Gasteiger partial charge in [-0.3, -0.25) is 14.9 Å². The fraction of sp³-hybridized carbons (Fsp3) is 0.300. The molecule has 0 fully saturated rings. The third kappa shape index (κ3) is 6.49. The van der Waals surface area contributed by atoms with Gasteiger partial charge in [0.15, 0.2) is 23.9 Å². The minimum absolute atomic E-state index is 0.0200. The molecule has 3 N–H and O–H groups in total. The van der Waals surface area contributed by atoms with Crippen molar-refractivity contribution in [3.8, 4) is 11.5 Å². The van der Waals surface area contributed by atoms with Crippen LogP contribution in [-0.2, 0) is 9.53 Å². The molecule has 166 valence electrons. The molecule has 0 atom stereocenters. The number of methoxy groups -OCH3 is 2. The average molecular weight is 433 g/mol. The summed E-state index contributed by atoms with van der Waals surface area (Å²) in [7, 11) is 2.76. The molecule has 0 bridgehead atoms. The normalized spacial score (nSPS) is 10.0. The molecule has 0 radical (unpaired) electrons. The first-order valence-corrected chi connectivity index (χ1v) is 9.25. The number of carbonyl (C=O) groups excluding carboxylic acids is 4. The van der Waals surface area contributed by atoms with Crippen LogP contribution in [0.25, 0.3) is 0 Å². The van der Waals surface area contributed by atoms with E-state index in [1.165, 1.54) is 44.7 Å².